The lowest BCUT2D eigenvalue weighted by atomic mass is 9.70. The molecule has 4 aromatic heterocycles. The van der Waals surface area contributed by atoms with E-state index in [-0.39, 0.29) is 45.0 Å². The first-order chi connectivity index (χ1) is 32.5. The predicted octanol–water partition coefficient (Wildman–Crippen LogP) is 11.4. The summed E-state index contributed by atoms with van der Waals surface area (Å²) >= 11 is 18.7. The van der Waals surface area contributed by atoms with Crippen LogP contribution in [0.3, 0.4) is 0 Å². The first-order valence-electron chi connectivity index (χ1n) is 22.3. The fraction of sp³-hybridized carbons (Fsp3) is 0.259. The number of nitrogens with zero attached hydrogens (tertiary/aromatic N) is 4. The summed E-state index contributed by atoms with van der Waals surface area (Å²) in [7, 11) is 3.24. The number of benzene rings is 4. The number of hydrogen-bond acceptors (Lipinski definition) is 10. The van der Waals surface area contributed by atoms with Gasteiger partial charge in [0.05, 0.1) is 36.5 Å². The normalized spacial score (nSPS) is 20.9. The highest BCUT2D eigenvalue weighted by Crippen LogP contribution is 2.49. The molecule has 69 heavy (non-hydrogen) atoms. The number of hydrogen-bond donors (Lipinski definition) is 4. The molecule has 0 spiro atoms. The van der Waals surface area contributed by atoms with Crippen molar-refractivity contribution >= 4 is 83.6 Å². The van der Waals surface area contributed by atoms with Crippen LogP contribution in [0, 0.1) is 0 Å². The van der Waals surface area contributed by atoms with E-state index in [1.165, 1.54) is 0 Å². The molecule has 2 fully saturated rings. The molecule has 6 atom stereocenters. The third kappa shape index (κ3) is 11.5. The summed E-state index contributed by atoms with van der Waals surface area (Å²) in [5.74, 6) is 0.276. The molecule has 0 aliphatic carbocycles. The standard InChI is InChI=1S/C27H25Cl2N3O2.C27H26ClN3O2.2H2S/c1-34-26-22(14-19-13-21(29)8-9-23(19)32-26)25(17-4-6-20(28)7-5-17)27(33)10-12-31-24(15-27)18-3-2-11-30-16-18;1-33-26-22(15-19-5-2-3-7-23(19)31-26)25(18-8-10-21(28)11-9-18)27(32)12-14-30-24(16-27)20-6-4-13-29-17-20;;/h2-9,11,13-14,16,24-25,31,33H,10,12,15H2,1H3;2-11,13,15,17,24-25,30,32H,12,14,16H2,1H3;2*1H2. The van der Waals surface area contributed by atoms with Crippen LogP contribution in [0.2, 0.25) is 15.1 Å². The minimum absolute atomic E-state index is 0. The van der Waals surface area contributed by atoms with Crippen molar-refractivity contribution in [2.75, 3.05) is 27.3 Å². The Morgan fingerprint density at radius 3 is 1.46 bits per heavy atom. The molecule has 2 aliphatic rings. The van der Waals surface area contributed by atoms with Crippen LogP contribution in [0.5, 0.6) is 11.8 Å². The van der Waals surface area contributed by atoms with E-state index in [1.54, 1.807) is 26.6 Å². The number of fused-ring (bicyclic) bond motifs is 2. The summed E-state index contributed by atoms with van der Waals surface area (Å²) in [5.41, 5.74) is 5.26. The summed E-state index contributed by atoms with van der Waals surface area (Å²) < 4.78 is 11.5. The second-order valence-electron chi connectivity index (χ2n) is 17.4. The van der Waals surface area contributed by atoms with Crippen molar-refractivity contribution in [1.29, 1.82) is 0 Å². The van der Waals surface area contributed by atoms with E-state index in [0.717, 1.165) is 55.2 Å². The number of piperidine rings is 2. The van der Waals surface area contributed by atoms with Crippen LogP contribution in [0.15, 0.2) is 152 Å². The summed E-state index contributed by atoms with van der Waals surface area (Å²) in [6.07, 6.45) is 9.41. The van der Waals surface area contributed by atoms with Gasteiger partial charge in [0.15, 0.2) is 0 Å². The summed E-state index contributed by atoms with van der Waals surface area (Å²) in [5, 5.41) is 35.5. The van der Waals surface area contributed by atoms with Gasteiger partial charge in [-0.1, -0.05) is 89.4 Å². The Morgan fingerprint density at radius 1 is 0.551 bits per heavy atom. The number of rotatable bonds is 10. The molecule has 2 aliphatic heterocycles. The van der Waals surface area contributed by atoms with E-state index < -0.39 is 17.1 Å². The number of halogens is 3. The molecule has 15 heteroatoms. The maximum absolute atomic E-state index is 12.3. The van der Waals surface area contributed by atoms with Crippen LogP contribution in [0.25, 0.3) is 21.8 Å². The Labute approximate surface area is 431 Å². The number of para-hydroxylation sites is 1. The van der Waals surface area contributed by atoms with Crippen LogP contribution in [-0.2, 0) is 0 Å². The largest absolute Gasteiger partial charge is 0.481 e. The molecule has 0 radical (unpaired) electrons. The third-order valence-electron chi connectivity index (χ3n) is 13.2. The van der Waals surface area contributed by atoms with Crippen molar-refractivity contribution in [2.24, 2.45) is 0 Å². The first kappa shape index (κ1) is 51.8. The predicted molar refractivity (Wildman–Crippen MR) is 287 cm³/mol. The van der Waals surface area contributed by atoms with Gasteiger partial charge in [-0.25, -0.2) is 9.97 Å². The number of pyridine rings is 4. The van der Waals surface area contributed by atoms with Crippen LogP contribution in [0.4, 0.5) is 0 Å². The number of nitrogens with one attached hydrogen (secondary N) is 2. The monoisotopic (exact) mass is 1020 g/mol. The topological polar surface area (TPSA) is 135 Å². The van der Waals surface area contributed by atoms with Gasteiger partial charge in [-0.05, 0) is 134 Å². The van der Waals surface area contributed by atoms with Crippen LogP contribution < -0.4 is 20.1 Å². The number of aromatic nitrogens is 4. The Kier molecular flexibility index (Phi) is 17.2. The molecule has 0 bridgehead atoms. The van der Waals surface area contributed by atoms with Gasteiger partial charge >= 0.3 is 0 Å². The van der Waals surface area contributed by atoms with E-state index in [1.807, 2.05) is 134 Å². The molecule has 6 heterocycles. The minimum Gasteiger partial charge on any atom is -0.481 e. The molecule has 358 valence electrons. The lowest BCUT2D eigenvalue weighted by molar-refractivity contribution is -0.0201. The average molecular weight is 1020 g/mol. The van der Waals surface area contributed by atoms with Crippen LogP contribution in [-0.4, -0.2) is 68.7 Å². The average Bonchev–Trinajstić information content (AvgIpc) is 3.35. The zero-order chi connectivity index (χ0) is 46.5. The zero-order valence-electron chi connectivity index (χ0n) is 38.1. The Bertz CT molecular complexity index is 2970. The minimum atomic E-state index is -1.07. The van der Waals surface area contributed by atoms with Crippen molar-refractivity contribution in [2.45, 2.75) is 60.8 Å². The molecule has 10 nitrogen and oxygen atoms in total. The molecular formula is C54H55Cl3N6O4S2. The van der Waals surface area contributed by atoms with Crippen molar-refractivity contribution in [3.8, 4) is 11.8 Å². The van der Waals surface area contributed by atoms with Crippen LogP contribution in [0.1, 0.15) is 83.0 Å². The molecule has 2 saturated heterocycles. The second kappa shape index (κ2) is 22.8. The highest BCUT2D eigenvalue weighted by atomic mass is 35.5. The number of aliphatic hydroxyl groups is 2. The fourth-order valence-corrected chi connectivity index (χ4v) is 10.4. The van der Waals surface area contributed by atoms with Gasteiger partial charge in [0.2, 0.25) is 11.8 Å². The Hall–Kier alpha value is -4.99. The molecule has 0 amide bonds. The lowest BCUT2D eigenvalue weighted by Crippen LogP contribution is -2.48. The SMILES string of the molecule is COc1nc2ccc(Cl)cc2cc1C(c1ccc(Cl)cc1)C1(O)CCNC(c2cccnc2)C1.COc1nc2ccccc2cc1C(c1ccc(Cl)cc1)C1(O)CCNC(c2cccnc2)C1.S.S. The summed E-state index contributed by atoms with van der Waals surface area (Å²) in [6, 6.07) is 40.9. The van der Waals surface area contributed by atoms with Crippen LogP contribution >= 0.6 is 61.8 Å². The number of ether oxygens (including phenoxy) is 2. The summed E-state index contributed by atoms with van der Waals surface area (Å²) in [6.45, 7) is 1.35. The van der Waals surface area contributed by atoms with Gasteiger partial charge < -0.3 is 30.3 Å². The van der Waals surface area contributed by atoms with Crippen molar-refractivity contribution in [3.63, 3.8) is 0 Å². The Balaban J connectivity index is 0.000000198. The zero-order valence-corrected chi connectivity index (χ0v) is 42.4. The van der Waals surface area contributed by atoms with Gasteiger partial charge in [0.1, 0.15) is 0 Å². The molecule has 4 aromatic carbocycles. The molecule has 6 unspecified atom stereocenters. The van der Waals surface area contributed by atoms with E-state index >= 15 is 0 Å². The molecule has 0 saturated carbocycles. The smallest absolute Gasteiger partial charge is 0.217 e. The summed E-state index contributed by atoms with van der Waals surface area (Å²) in [4.78, 5) is 18.1. The lowest BCUT2D eigenvalue weighted by Gasteiger charge is -2.43. The van der Waals surface area contributed by atoms with E-state index in [2.05, 4.69) is 26.7 Å². The van der Waals surface area contributed by atoms with Gasteiger partial charge in [-0.2, -0.15) is 27.0 Å². The van der Waals surface area contributed by atoms with Crippen molar-refractivity contribution < 1.29 is 19.7 Å². The highest BCUT2D eigenvalue weighted by molar-refractivity contribution is 7.59. The van der Waals surface area contributed by atoms with E-state index in [9.17, 15) is 10.2 Å². The number of methoxy groups -OCH3 is 2. The highest BCUT2D eigenvalue weighted by Gasteiger charge is 2.46. The van der Waals surface area contributed by atoms with Gasteiger partial charge in [0.25, 0.3) is 0 Å². The molecule has 10 rings (SSSR count). The van der Waals surface area contributed by atoms with Gasteiger partial charge in [-0.3, -0.25) is 9.97 Å². The van der Waals surface area contributed by atoms with Crippen molar-refractivity contribution in [3.05, 3.63) is 201 Å². The molecular weight excluding hydrogens is 967 g/mol. The van der Waals surface area contributed by atoms with E-state index in [4.69, 9.17) is 54.2 Å². The maximum Gasteiger partial charge on any atom is 0.217 e. The third-order valence-corrected chi connectivity index (χ3v) is 13.9. The molecule has 8 aromatic rings. The van der Waals surface area contributed by atoms with Gasteiger partial charge in [-0.15, -0.1) is 0 Å². The maximum atomic E-state index is 12.3. The van der Waals surface area contributed by atoms with E-state index in [0.29, 0.717) is 65.6 Å². The van der Waals surface area contributed by atoms with Crippen molar-refractivity contribution in [1.82, 2.24) is 30.6 Å². The Morgan fingerprint density at radius 2 is 1.00 bits per heavy atom. The second-order valence-corrected chi connectivity index (χ2v) is 18.7. The van der Waals surface area contributed by atoms with Gasteiger partial charge in [0, 0.05) is 85.7 Å². The fourth-order valence-electron chi connectivity index (χ4n) is 10.0. The molecule has 4 N–H and O–H groups in total. The quantitative estimate of drug-likeness (QED) is 0.105. The first-order valence-corrected chi connectivity index (χ1v) is 23.5.